The zero-order valence-corrected chi connectivity index (χ0v) is 39.1. The second-order valence-corrected chi connectivity index (χ2v) is 17.9. The van der Waals surface area contributed by atoms with E-state index in [4.69, 9.17) is 14.2 Å². The number of cyclic esters (lactones) is 2. The molecule has 2 heterocycles. The summed E-state index contributed by atoms with van der Waals surface area (Å²) in [5.74, 6) is -8.96. The van der Waals surface area contributed by atoms with Gasteiger partial charge in [0, 0.05) is 20.0 Å². The first-order valence-electron chi connectivity index (χ1n) is 22.2. The molecule has 18 nitrogen and oxygen atoms in total. The monoisotopic (exact) mass is 899 g/mol. The number of hydrogen-bond donors (Lipinski definition) is 4. The standard InChI is InChI=1S/C46H69N5O13/c1-12-26(6)38-35(53)23-37(55)64-41(25(4)5)40(56)28(8)42(57)47-32(20-24(2)3)44(59)51-19-13-14-33(51)45(60)50(10)34(22-30-15-17-31(62-11)18-16-30)46(61)63-29(9)39(43(58)49-38)48-36(54)21-27(7)52/h15-18,24-26,28-29,32-35,38-39,41,53H,12-14,19-23H2,1-11H3,(H,47,57)(H,48,54)(H,49,58)/t26-,28-,29+,32-,33-,34-,35-,38+,39-,41-/m0/s1. The van der Waals surface area contributed by atoms with Crippen LogP contribution in [-0.2, 0) is 59.0 Å². The number of nitrogens with one attached hydrogen (secondary N) is 3. The molecule has 2 saturated heterocycles. The molecule has 4 N–H and O–H groups in total. The van der Waals surface area contributed by atoms with Crippen LogP contribution in [0.25, 0.3) is 0 Å². The van der Waals surface area contributed by atoms with Crippen LogP contribution in [0.1, 0.15) is 106 Å². The number of ether oxygens (including phenoxy) is 3. The van der Waals surface area contributed by atoms with E-state index in [1.807, 2.05) is 13.8 Å². The third-order valence-corrected chi connectivity index (χ3v) is 11.9. The van der Waals surface area contributed by atoms with Gasteiger partial charge >= 0.3 is 11.9 Å². The Hall–Kier alpha value is -5.39. The van der Waals surface area contributed by atoms with Crippen LogP contribution in [0.4, 0.5) is 0 Å². The number of rotatable bonds is 11. The van der Waals surface area contributed by atoms with Crippen LogP contribution in [0.3, 0.4) is 0 Å². The molecule has 0 aromatic heterocycles. The quantitative estimate of drug-likeness (QED) is 0.184. The van der Waals surface area contributed by atoms with Crippen LogP contribution in [-0.4, -0.2) is 137 Å². The van der Waals surface area contributed by atoms with Crippen LogP contribution < -0.4 is 20.7 Å². The molecule has 0 aliphatic carbocycles. The lowest BCUT2D eigenvalue weighted by Crippen LogP contribution is -2.59. The number of carbonyl (C=O) groups excluding carboxylic acids is 9. The van der Waals surface area contributed by atoms with Gasteiger partial charge in [0.15, 0.2) is 11.9 Å². The largest absolute Gasteiger partial charge is 0.497 e. The van der Waals surface area contributed by atoms with Gasteiger partial charge in [-0.05, 0) is 75.5 Å². The maximum Gasteiger partial charge on any atom is 0.329 e. The smallest absolute Gasteiger partial charge is 0.329 e. The molecule has 1 aromatic rings. The Labute approximate surface area is 376 Å². The van der Waals surface area contributed by atoms with Crippen molar-refractivity contribution in [3.8, 4) is 5.75 Å². The lowest BCUT2D eigenvalue weighted by Gasteiger charge is -2.35. The SMILES string of the molecule is CC[C@H](C)[C@H]1NC(=O)[C@@H](NC(=O)CC(C)=O)[C@@H](C)OC(=O)[C@H](Cc2ccc(OC)cc2)N(C)C(=O)[C@@H]2CCCN2C(=O)[C@H](CC(C)C)NC(=O)[C@@H](C)C(=O)[C@H](C(C)C)OC(=O)C[C@@H]1O. The van der Waals surface area contributed by atoms with Crippen molar-refractivity contribution >= 4 is 53.0 Å². The van der Waals surface area contributed by atoms with Crippen molar-refractivity contribution in [1.82, 2.24) is 25.8 Å². The average molecular weight is 900 g/mol. The van der Waals surface area contributed by atoms with Crippen molar-refractivity contribution < 1.29 is 62.5 Å². The lowest BCUT2D eigenvalue weighted by atomic mass is 9.91. The van der Waals surface area contributed by atoms with Gasteiger partial charge in [0.1, 0.15) is 41.8 Å². The highest BCUT2D eigenvalue weighted by Crippen LogP contribution is 2.26. The number of aliphatic hydroxyl groups is 1. The Balaban J connectivity index is 2.21. The van der Waals surface area contributed by atoms with E-state index >= 15 is 0 Å². The van der Waals surface area contributed by atoms with Gasteiger partial charge in [-0.15, -0.1) is 0 Å². The number of likely N-dealkylation sites (N-methyl/N-ethyl adjacent to an activating group) is 1. The Morgan fingerprint density at radius 2 is 1.58 bits per heavy atom. The molecule has 0 radical (unpaired) electrons. The Morgan fingerprint density at radius 3 is 2.14 bits per heavy atom. The molecule has 0 bridgehead atoms. The summed E-state index contributed by atoms with van der Waals surface area (Å²) in [5.41, 5.74) is 0.600. The number of ketones is 2. The van der Waals surface area contributed by atoms with Crippen LogP contribution in [0, 0.1) is 23.7 Å². The van der Waals surface area contributed by atoms with Crippen molar-refractivity contribution in [3.63, 3.8) is 0 Å². The summed E-state index contributed by atoms with van der Waals surface area (Å²) in [6, 6.07) is 0.437. The van der Waals surface area contributed by atoms with Crippen molar-refractivity contribution in [1.29, 1.82) is 0 Å². The molecule has 5 amide bonds. The first kappa shape index (κ1) is 53.0. The molecule has 0 saturated carbocycles. The van der Waals surface area contributed by atoms with E-state index in [0.717, 1.165) is 0 Å². The fourth-order valence-electron chi connectivity index (χ4n) is 7.92. The minimum atomic E-state index is -1.64. The first-order valence-corrected chi connectivity index (χ1v) is 22.2. The van der Waals surface area contributed by atoms with Gasteiger partial charge in [-0.1, -0.05) is 60.1 Å². The fraction of sp³-hybridized carbons (Fsp3) is 0.674. The number of methoxy groups -OCH3 is 1. The maximum atomic E-state index is 14.6. The molecule has 0 unspecified atom stereocenters. The maximum absolute atomic E-state index is 14.6. The Morgan fingerprint density at radius 1 is 0.938 bits per heavy atom. The second-order valence-electron chi connectivity index (χ2n) is 17.9. The molecule has 0 spiro atoms. The van der Waals surface area contributed by atoms with E-state index in [0.29, 0.717) is 24.2 Å². The highest BCUT2D eigenvalue weighted by molar-refractivity contribution is 6.05. The van der Waals surface area contributed by atoms with Gasteiger partial charge in [-0.25, -0.2) is 4.79 Å². The predicted octanol–water partition coefficient (Wildman–Crippen LogP) is 2.05. The van der Waals surface area contributed by atoms with Gasteiger partial charge in [-0.2, -0.15) is 0 Å². The van der Waals surface area contributed by atoms with Gasteiger partial charge < -0.3 is 45.1 Å². The zero-order valence-electron chi connectivity index (χ0n) is 39.1. The third-order valence-electron chi connectivity index (χ3n) is 11.9. The van der Waals surface area contributed by atoms with E-state index in [-0.39, 0.29) is 31.7 Å². The number of fused-ring (bicyclic) bond motifs is 1. The number of amides is 5. The minimum absolute atomic E-state index is 0.0836. The van der Waals surface area contributed by atoms with Crippen LogP contribution in [0.5, 0.6) is 5.75 Å². The van der Waals surface area contributed by atoms with Gasteiger partial charge in [-0.3, -0.25) is 38.4 Å². The summed E-state index contributed by atoms with van der Waals surface area (Å²) in [6.07, 6.45) is -4.58. The number of esters is 2. The summed E-state index contributed by atoms with van der Waals surface area (Å²) in [5, 5.41) is 19.4. The topological polar surface area (TPSA) is 244 Å². The molecule has 2 aliphatic rings. The Kier molecular flexibility index (Phi) is 19.9. The van der Waals surface area contributed by atoms with E-state index in [1.165, 1.54) is 44.7 Å². The van der Waals surface area contributed by atoms with Crippen molar-refractivity contribution in [2.75, 3.05) is 20.7 Å². The van der Waals surface area contributed by atoms with E-state index in [1.54, 1.807) is 52.0 Å². The average Bonchev–Trinajstić information content (AvgIpc) is 3.73. The molecule has 356 valence electrons. The number of carbonyl (C=O) groups is 9. The summed E-state index contributed by atoms with van der Waals surface area (Å²) < 4.78 is 16.8. The summed E-state index contributed by atoms with van der Waals surface area (Å²) >= 11 is 0. The molecular formula is C46H69N5O13. The van der Waals surface area contributed by atoms with Crippen molar-refractivity contribution in [2.24, 2.45) is 23.7 Å². The highest BCUT2D eigenvalue weighted by atomic mass is 16.6. The molecule has 2 aliphatic heterocycles. The summed E-state index contributed by atoms with van der Waals surface area (Å²) in [6.45, 7) is 14.5. The van der Waals surface area contributed by atoms with E-state index in [2.05, 4.69) is 16.0 Å². The van der Waals surface area contributed by atoms with Crippen molar-refractivity contribution in [2.45, 2.75) is 156 Å². The Bertz CT molecular complexity index is 1850. The highest BCUT2D eigenvalue weighted by Gasteiger charge is 2.44. The molecule has 18 heteroatoms. The molecule has 64 heavy (non-hydrogen) atoms. The number of benzene rings is 1. The minimum Gasteiger partial charge on any atom is -0.497 e. The number of Topliss-reactive ketones (excluding diaryl/α,β-unsaturated/α-hetero) is 2. The zero-order chi connectivity index (χ0) is 48.2. The molecular weight excluding hydrogens is 831 g/mol. The van der Waals surface area contributed by atoms with Gasteiger partial charge in [0.25, 0.3) is 0 Å². The normalized spacial score (nSPS) is 27.9. The fourth-order valence-corrected chi connectivity index (χ4v) is 7.92. The van der Waals surface area contributed by atoms with Gasteiger partial charge in [0.05, 0.1) is 38.0 Å². The third kappa shape index (κ3) is 14.3. The first-order chi connectivity index (χ1) is 30.0. The van der Waals surface area contributed by atoms with Crippen LogP contribution in [0.15, 0.2) is 24.3 Å². The molecule has 2 fully saturated rings. The van der Waals surface area contributed by atoms with Crippen LogP contribution >= 0.6 is 0 Å². The van der Waals surface area contributed by atoms with E-state index in [9.17, 15) is 48.3 Å². The second kappa shape index (κ2) is 24.1. The molecule has 1 aromatic carbocycles. The van der Waals surface area contributed by atoms with E-state index < -0.39 is 132 Å². The molecule has 10 atom stereocenters. The number of nitrogens with zero attached hydrogens (tertiary/aromatic N) is 2. The summed E-state index contributed by atoms with van der Waals surface area (Å²) in [4.78, 5) is 126. The van der Waals surface area contributed by atoms with Crippen LogP contribution in [0.2, 0.25) is 0 Å². The van der Waals surface area contributed by atoms with Crippen molar-refractivity contribution in [3.05, 3.63) is 29.8 Å². The summed E-state index contributed by atoms with van der Waals surface area (Å²) in [7, 11) is 2.89. The predicted molar refractivity (Wildman–Crippen MR) is 233 cm³/mol. The lowest BCUT2D eigenvalue weighted by molar-refractivity contribution is -0.163. The number of hydrogen-bond acceptors (Lipinski definition) is 13. The van der Waals surface area contributed by atoms with Gasteiger partial charge in [0.2, 0.25) is 29.5 Å². The number of aliphatic hydroxyl groups excluding tert-OH is 1. The molecule has 3 rings (SSSR count).